The van der Waals surface area contributed by atoms with E-state index in [1.165, 1.54) is 17.3 Å². The molecule has 0 saturated heterocycles. The van der Waals surface area contributed by atoms with Gasteiger partial charge in [0.05, 0.1) is 11.1 Å². The van der Waals surface area contributed by atoms with Crippen molar-refractivity contribution in [2.75, 3.05) is 19.8 Å². The fourth-order valence-electron chi connectivity index (χ4n) is 3.37. The van der Waals surface area contributed by atoms with Crippen molar-refractivity contribution in [3.8, 4) is 17.2 Å². The lowest BCUT2D eigenvalue weighted by Gasteiger charge is -2.18. The van der Waals surface area contributed by atoms with Crippen molar-refractivity contribution >= 4 is 27.7 Å². The van der Waals surface area contributed by atoms with Gasteiger partial charge in [-0.25, -0.2) is 0 Å². The fourth-order valence-corrected chi connectivity index (χ4v) is 5.10. The summed E-state index contributed by atoms with van der Waals surface area (Å²) in [5.74, 6) is 1.74. The minimum absolute atomic E-state index is 0.297. The first-order valence-electron chi connectivity index (χ1n) is 10.7. The first-order chi connectivity index (χ1) is 16.2. The van der Waals surface area contributed by atoms with Gasteiger partial charge in [-0.05, 0) is 84.6 Å². The van der Waals surface area contributed by atoms with Gasteiger partial charge in [-0.2, -0.15) is 0 Å². The Morgan fingerprint density at radius 1 is 1.21 bits per heavy atom. The standard InChI is InChI=1S/C24H27BrN4O4S/c1-6-10-33-23-20(25)12-18(13-21(23)32-7-2)22(14-28(30)31)34-24-27-26-17(5)29(24)19-9-8-15(3)16(4)11-19/h6,8-9,11-13,22H,1,7,10,14H2,2-5H3/t22-/m0/s1. The molecule has 3 aromatic rings. The number of ether oxygens (including phenoxy) is 2. The second-order valence-corrected chi connectivity index (χ2v) is 9.64. The third kappa shape index (κ3) is 5.98. The minimum atomic E-state index is -0.534. The number of hydrogen-bond acceptors (Lipinski definition) is 7. The third-order valence-corrected chi connectivity index (χ3v) is 6.93. The lowest BCUT2D eigenvalue weighted by atomic mass is 10.1. The van der Waals surface area contributed by atoms with Crippen molar-refractivity contribution in [1.82, 2.24) is 14.8 Å². The van der Waals surface area contributed by atoms with E-state index in [9.17, 15) is 10.1 Å². The second-order valence-electron chi connectivity index (χ2n) is 7.62. The minimum Gasteiger partial charge on any atom is -0.490 e. The molecule has 1 aromatic heterocycles. The Morgan fingerprint density at radius 2 is 1.97 bits per heavy atom. The van der Waals surface area contributed by atoms with E-state index < -0.39 is 5.25 Å². The molecule has 0 spiro atoms. The Hall–Kier alpha value is -2.85. The Morgan fingerprint density at radius 3 is 2.62 bits per heavy atom. The number of halogens is 1. The number of rotatable bonds is 11. The molecule has 0 aliphatic heterocycles. The maximum atomic E-state index is 11.6. The summed E-state index contributed by atoms with van der Waals surface area (Å²) in [6.45, 7) is 11.9. The Labute approximate surface area is 211 Å². The molecule has 0 aliphatic carbocycles. The van der Waals surface area contributed by atoms with Gasteiger partial charge >= 0.3 is 0 Å². The van der Waals surface area contributed by atoms with E-state index in [0.717, 1.165) is 16.8 Å². The van der Waals surface area contributed by atoms with Crippen molar-refractivity contribution in [2.45, 2.75) is 38.1 Å². The van der Waals surface area contributed by atoms with Gasteiger partial charge in [-0.1, -0.05) is 30.5 Å². The molecule has 0 aliphatic rings. The number of nitrogens with zero attached hydrogens (tertiary/aromatic N) is 4. The van der Waals surface area contributed by atoms with Crippen molar-refractivity contribution in [1.29, 1.82) is 0 Å². The van der Waals surface area contributed by atoms with Gasteiger partial charge in [0.25, 0.3) is 0 Å². The zero-order chi connectivity index (χ0) is 24.8. The largest absolute Gasteiger partial charge is 0.490 e. The first-order valence-corrected chi connectivity index (χ1v) is 12.4. The summed E-state index contributed by atoms with van der Waals surface area (Å²) in [5, 5.41) is 20.2. The van der Waals surface area contributed by atoms with Crippen molar-refractivity contribution in [2.24, 2.45) is 0 Å². The Balaban J connectivity index is 2.04. The van der Waals surface area contributed by atoms with E-state index in [0.29, 0.717) is 40.2 Å². The lowest BCUT2D eigenvalue weighted by molar-refractivity contribution is -0.479. The van der Waals surface area contributed by atoms with Crippen molar-refractivity contribution in [3.63, 3.8) is 0 Å². The van der Waals surface area contributed by atoms with Gasteiger partial charge in [0.1, 0.15) is 17.7 Å². The van der Waals surface area contributed by atoms with Crippen LogP contribution in [0.25, 0.3) is 5.69 Å². The van der Waals surface area contributed by atoms with Crippen molar-refractivity contribution in [3.05, 3.63) is 80.1 Å². The van der Waals surface area contributed by atoms with Gasteiger partial charge < -0.3 is 9.47 Å². The number of hydrogen-bond donors (Lipinski definition) is 0. The maximum absolute atomic E-state index is 11.6. The molecule has 0 amide bonds. The normalized spacial score (nSPS) is 11.8. The number of aromatic nitrogens is 3. The quantitative estimate of drug-likeness (QED) is 0.125. The zero-order valence-corrected chi connectivity index (χ0v) is 22.0. The van der Waals surface area contributed by atoms with Gasteiger partial charge in [-0.3, -0.25) is 14.7 Å². The van der Waals surface area contributed by atoms with Crippen LogP contribution in [0.15, 0.2) is 52.6 Å². The number of aryl methyl sites for hydroxylation is 3. The maximum Gasteiger partial charge on any atom is 0.220 e. The molecule has 0 saturated carbocycles. The van der Waals surface area contributed by atoms with Crippen LogP contribution < -0.4 is 9.47 Å². The summed E-state index contributed by atoms with van der Waals surface area (Å²) in [6, 6.07) is 9.72. The average molecular weight is 547 g/mol. The van der Waals surface area contributed by atoms with Gasteiger partial charge in [-0.15, -0.1) is 10.2 Å². The number of thioether (sulfide) groups is 1. The van der Waals surface area contributed by atoms with Crippen LogP contribution >= 0.6 is 27.7 Å². The van der Waals surface area contributed by atoms with Crippen LogP contribution in [0, 0.1) is 30.9 Å². The summed E-state index contributed by atoms with van der Waals surface area (Å²) in [6.07, 6.45) is 1.64. The van der Waals surface area contributed by atoms with E-state index in [1.54, 1.807) is 12.1 Å². The molecule has 0 bridgehead atoms. The average Bonchev–Trinajstić information content (AvgIpc) is 3.14. The van der Waals surface area contributed by atoms with E-state index in [4.69, 9.17) is 9.47 Å². The molecule has 0 radical (unpaired) electrons. The van der Waals surface area contributed by atoms with E-state index >= 15 is 0 Å². The molecule has 1 atom stereocenters. The molecule has 10 heteroatoms. The number of nitro groups is 1. The lowest BCUT2D eigenvalue weighted by Crippen LogP contribution is -2.12. The molecular weight excluding hydrogens is 520 g/mol. The molecule has 3 rings (SSSR count). The Kier molecular flexibility index (Phi) is 8.73. The molecule has 0 N–H and O–H groups in total. The first kappa shape index (κ1) is 25.8. The van der Waals surface area contributed by atoms with Crippen LogP contribution in [0.2, 0.25) is 0 Å². The van der Waals surface area contributed by atoms with Crippen LogP contribution in [0.4, 0.5) is 0 Å². The van der Waals surface area contributed by atoms with E-state index in [2.05, 4.69) is 45.7 Å². The van der Waals surface area contributed by atoms with Crippen LogP contribution in [0.3, 0.4) is 0 Å². The Bertz CT molecular complexity index is 1200. The van der Waals surface area contributed by atoms with E-state index in [1.807, 2.05) is 43.5 Å². The summed E-state index contributed by atoms with van der Waals surface area (Å²) in [4.78, 5) is 11.3. The molecule has 0 unspecified atom stereocenters. The fraction of sp³-hybridized carbons (Fsp3) is 0.333. The highest BCUT2D eigenvalue weighted by Crippen LogP contribution is 2.43. The molecule has 2 aromatic carbocycles. The molecule has 0 fully saturated rings. The predicted molar refractivity (Wildman–Crippen MR) is 137 cm³/mol. The van der Waals surface area contributed by atoms with Crippen LogP contribution in [0.5, 0.6) is 11.5 Å². The molecule has 180 valence electrons. The van der Waals surface area contributed by atoms with Gasteiger partial charge in [0.2, 0.25) is 6.54 Å². The van der Waals surface area contributed by atoms with Crippen LogP contribution in [-0.2, 0) is 0 Å². The second kappa shape index (κ2) is 11.5. The summed E-state index contributed by atoms with van der Waals surface area (Å²) >= 11 is 4.83. The van der Waals surface area contributed by atoms with Gasteiger partial charge in [0.15, 0.2) is 16.7 Å². The van der Waals surface area contributed by atoms with Crippen LogP contribution in [0.1, 0.15) is 34.7 Å². The smallest absolute Gasteiger partial charge is 0.220 e. The molecule has 1 heterocycles. The van der Waals surface area contributed by atoms with Crippen LogP contribution in [-0.4, -0.2) is 39.4 Å². The highest BCUT2D eigenvalue weighted by molar-refractivity contribution is 9.10. The monoisotopic (exact) mass is 546 g/mol. The zero-order valence-electron chi connectivity index (χ0n) is 19.6. The molecular formula is C24H27BrN4O4S. The summed E-state index contributed by atoms with van der Waals surface area (Å²) in [5.41, 5.74) is 3.96. The highest BCUT2D eigenvalue weighted by atomic mass is 79.9. The summed E-state index contributed by atoms with van der Waals surface area (Å²) < 4.78 is 14.1. The van der Waals surface area contributed by atoms with E-state index in [-0.39, 0.29) is 11.5 Å². The molecule has 34 heavy (non-hydrogen) atoms. The van der Waals surface area contributed by atoms with Crippen molar-refractivity contribution < 1.29 is 14.4 Å². The highest BCUT2D eigenvalue weighted by Gasteiger charge is 2.26. The third-order valence-electron chi connectivity index (χ3n) is 5.16. The molecule has 8 nitrogen and oxygen atoms in total. The van der Waals surface area contributed by atoms with Gasteiger partial charge in [0, 0.05) is 10.6 Å². The topological polar surface area (TPSA) is 92.3 Å². The SMILES string of the molecule is C=CCOc1c(Br)cc([C@H](C[N+](=O)[O-])Sc2nnc(C)n2-c2ccc(C)c(C)c2)cc1OCC. The number of benzene rings is 2. The summed E-state index contributed by atoms with van der Waals surface area (Å²) in [7, 11) is 0. The predicted octanol–water partition coefficient (Wildman–Crippen LogP) is 6.03.